The van der Waals surface area contributed by atoms with Crippen molar-refractivity contribution in [1.82, 2.24) is 5.32 Å². The molecule has 1 aliphatic heterocycles. The van der Waals surface area contributed by atoms with Gasteiger partial charge in [-0.05, 0) is 48.6 Å². The molecule has 2 heterocycles. The van der Waals surface area contributed by atoms with Gasteiger partial charge in [0.25, 0.3) is 0 Å². The first kappa shape index (κ1) is 15.6. The molecule has 0 saturated carbocycles. The van der Waals surface area contributed by atoms with Gasteiger partial charge in [-0.1, -0.05) is 6.07 Å². The van der Waals surface area contributed by atoms with Gasteiger partial charge in [-0.2, -0.15) is 0 Å². The predicted octanol–water partition coefficient (Wildman–Crippen LogP) is 2.75. The van der Waals surface area contributed by atoms with Gasteiger partial charge in [0, 0.05) is 22.7 Å². The van der Waals surface area contributed by atoms with Gasteiger partial charge in [-0.3, -0.25) is 9.59 Å². The highest BCUT2D eigenvalue weighted by Gasteiger charge is 2.17. The Morgan fingerprint density at radius 2 is 2.22 bits per heavy atom. The number of thiophene rings is 1. The summed E-state index contributed by atoms with van der Waals surface area (Å²) in [5.41, 5.74) is 2.85. The Kier molecular flexibility index (Phi) is 4.62. The summed E-state index contributed by atoms with van der Waals surface area (Å²) in [5, 5.41) is 11.0. The van der Waals surface area contributed by atoms with E-state index < -0.39 is 0 Å². The molecule has 0 unspecified atom stereocenters. The van der Waals surface area contributed by atoms with Crippen LogP contribution >= 0.6 is 11.3 Å². The molecule has 0 spiro atoms. The maximum atomic E-state index is 12.1. The maximum Gasteiger partial charge on any atom is 0.242 e. The average molecular weight is 329 g/mol. The molecule has 2 aromatic rings. The Labute approximate surface area is 139 Å². The van der Waals surface area contributed by atoms with Crippen LogP contribution in [0.15, 0.2) is 35.7 Å². The van der Waals surface area contributed by atoms with Crippen LogP contribution in [0.3, 0.4) is 0 Å². The first-order valence-corrected chi connectivity index (χ1v) is 8.49. The molecule has 5 nitrogen and oxygen atoms in total. The Hall–Kier alpha value is -2.34. The third-order valence-corrected chi connectivity index (χ3v) is 4.67. The normalized spacial score (nSPS) is 14.6. The number of nitrogens with one attached hydrogen (secondary N) is 3. The highest BCUT2D eigenvalue weighted by molar-refractivity contribution is 7.09. The summed E-state index contributed by atoms with van der Waals surface area (Å²) in [7, 11) is 0. The van der Waals surface area contributed by atoms with E-state index in [2.05, 4.69) is 16.0 Å². The molecule has 0 radical (unpaired) electrons. The molecule has 0 bridgehead atoms. The fraction of sp³-hybridized carbons (Fsp3) is 0.294. The molecule has 0 aliphatic carbocycles. The number of aryl methyl sites for hydroxylation is 1. The highest BCUT2D eigenvalue weighted by Crippen LogP contribution is 2.25. The highest BCUT2D eigenvalue weighted by atomic mass is 32.1. The van der Waals surface area contributed by atoms with Crippen LogP contribution in [0.25, 0.3) is 0 Å². The fourth-order valence-electron chi connectivity index (χ4n) is 2.53. The molecule has 23 heavy (non-hydrogen) atoms. The van der Waals surface area contributed by atoms with Crippen molar-refractivity contribution in [3.05, 3.63) is 46.2 Å². The summed E-state index contributed by atoms with van der Waals surface area (Å²) in [4.78, 5) is 24.7. The zero-order valence-electron chi connectivity index (χ0n) is 12.9. The van der Waals surface area contributed by atoms with E-state index in [-0.39, 0.29) is 17.9 Å². The van der Waals surface area contributed by atoms with Crippen LogP contribution < -0.4 is 16.0 Å². The largest absolute Gasteiger partial charge is 0.374 e. The Morgan fingerprint density at radius 3 is 3.00 bits per heavy atom. The van der Waals surface area contributed by atoms with E-state index in [0.717, 1.165) is 28.2 Å². The SMILES string of the molecule is C[C@H](Nc1ccc2c(c1)CCC(=O)N2)C(=O)NCc1cccs1. The number of amides is 2. The first-order chi connectivity index (χ1) is 11.1. The van der Waals surface area contributed by atoms with Gasteiger partial charge in [0.2, 0.25) is 11.8 Å². The molecule has 3 N–H and O–H groups in total. The van der Waals surface area contributed by atoms with Gasteiger partial charge in [0.15, 0.2) is 0 Å². The van der Waals surface area contributed by atoms with Crippen molar-refractivity contribution in [2.75, 3.05) is 10.6 Å². The number of carbonyl (C=O) groups is 2. The minimum atomic E-state index is -0.328. The molecule has 1 atom stereocenters. The van der Waals surface area contributed by atoms with Gasteiger partial charge in [0.1, 0.15) is 6.04 Å². The van der Waals surface area contributed by atoms with Gasteiger partial charge in [-0.25, -0.2) is 0 Å². The number of hydrogen-bond donors (Lipinski definition) is 3. The standard InChI is InChI=1S/C17H19N3O2S/c1-11(17(22)18-10-14-3-2-8-23-14)19-13-5-6-15-12(9-13)4-7-16(21)20-15/h2-3,5-6,8-9,11,19H,4,7,10H2,1H3,(H,18,22)(H,20,21)/t11-/m0/s1. The van der Waals surface area contributed by atoms with E-state index >= 15 is 0 Å². The summed E-state index contributed by atoms with van der Waals surface area (Å²) in [6.45, 7) is 2.39. The lowest BCUT2D eigenvalue weighted by atomic mass is 10.0. The minimum absolute atomic E-state index is 0.0376. The molecule has 1 aromatic heterocycles. The van der Waals surface area contributed by atoms with Crippen molar-refractivity contribution in [2.24, 2.45) is 0 Å². The van der Waals surface area contributed by atoms with Crippen molar-refractivity contribution in [2.45, 2.75) is 32.4 Å². The lowest BCUT2D eigenvalue weighted by Crippen LogP contribution is -2.37. The molecular weight excluding hydrogens is 310 g/mol. The van der Waals surface area contributed by atoms with Crippen molar-refractivity contribution in [3.8, 4) is 0 Å². The number of carbonyl (C=O) groups excluding carboxylic acids is 2. The second-order valence-corrected chi connectivity index (χ2v) is 6.62. The van der Waals surface area contributed by atoms with Crippen LogP contribution in [0.1, 0.15) is 23.8 Å². The molecule has 0 saturated heterocycles. The lowest BCUT2D eigenvalue weighted by Gasteiger charge is -2.20. The van der Waals surface area contributed by atoms with Crippen LogP contribution in [-0.2, 0) is 22.6 Å². The van der Waals surface area contributed by atoms with Crippen LogP contribution in [0, 0.1) is 0 Å². The number of fused-ring (bicyclic) bond motifs is 1. The van der Waals surface area contributed by atoms with Gasteiger partial charge in [-0.15, -0.1) is 11.3 Å². The van der Waals surface area contributed by atoms with E-state index in [1.165, 1.54) is 0 Å². The Balaban J connectivity index is 1.58. The molecule has 2 amide bonds. The summed E-state index contributed by atoms with van der Waals surface area (Å²) < 4.78 is 0. The van der Waals surface area contributed by atoms with Gasteiger partial charge < -0.3 is 16.0 Å². The zero-order chi connectivity index (χ0) is 16.2. The fourth-order valence-corrected chi connectivity index (χ4v) is 3.17. The van der Waals surface area contributed by atoms with Crippen molar-refractivity contribution in [3.63, 3.8) is 0 Å². The van der Waals surface area contributed by atoms with E-state index in [1.807, 2.05) is 42.6 Å². The van der Waals surface area contributed by atoms with Crippen LogP contribution in [0.5, 0.6) is 0 Å². The molecule has 1 aliphatic rings. The number of hydrogen-bond acceptors (Lipinski definition) is 4. The molecule has 1 aromatic carbocycles. The van der Waals surface area contributed by atoms with E-state index in [1.54, 1.807) is 11.3 Å². The van der Waals surface area contributed by atoms with Crippen molar-refractivity contribution < 1.29 is 9.59 Å². The van der Waals surface area contributed by atoms with E-state index in [0.29, 0.717) is 13.0 Å². The van der Waals surface area contributed by atoms with Crippen LogP contribution in [-0.4, -0.2) is 17.9 Å². The summed E-state index contributed by atoms with van der Waals surface area (Å²) in [6, 6.07) is 9.41. The first-order valence-electron chi connectivity index (χ1n) is 7.61. The molecule has 3 rings (SSSR count). The third kappa shape index (κ3) is 3.90. The Bertz CT molecular complexity index is 713. The number of benzene rings is 1. The predicted molar refractivity (Wildman–Crippen MR) is 92.6 cm³/mol. The second kappa shape index (κ2) is 6.83. The van der Waals surface area contributed by atoms with Gasteiger partial charge >= 0.3 is 0 Å². The maximum absolute atomic E-state index is 12.1. The summed E-state index contributed by atoms with van der Waals surface area (Å²) in [6.07, 6.45) is 1.24. The summed E-state index contributed by atoms with van der Waals surface area (Å²) in [5.74, 6) is 0.0176. The van der Waals surface area contributed by atoms with Crippen LogP contribution in [0.4, 0.5) is 11.4 Å². The number of anilines is 2. The molecule has 0 fully saturated rings. The lowest BCUT2D eigenvalue weighted by molar-refractivity contribution is -0.121. The van der Waals surface area contributed by atoms with E-state index in [9.17, 15) is 9.59 Å². The molecule has 6 heteroatoms. The zero-order valence-corrected chi connectivity index (χ0v) is 13.7. The molecule has 120 valence electrons. The third-order valence-electron chi connectivity index (χ3n) is 3.79. The van der Waals surface area contributed by atoms with E-state index in [4.69, 9.17) is 0 Å². The van der Waals surface area contributed by atoms with Gasteiger partial charge in [0.05, 0.1) is 6.54 Å². The van der Waals surface area contributed by atoms with Crippen LogP contribution in [0.2, 0.25) is 0 Å². The van der Waals surface area contributed by atoms with Crippen molar-refractivity contribution >= 4 is 34.5 Å². The second-order valence-electron chi connectivity index (χ2n) is 5.58. The smallest absolute Gasteiger partial charge is 0.242 e. The summed E-state index contributed by atoms with van der Waals surface area (Å²) >= 11 is 1.63. The number of rotatable bonds is 5. The minimum Gasteiger partial charge on any atom is -0.374 e. The Morgan fingerprint density at radius 1 is 1.35 bits per heavy atom. The quantitative estimate of drug-likeness (QED) is 0.790. The monoisotopic (exact) mass is 329 g/mol. The van der Waals surface area contributed by atoms with Crippen molar-refractivity contribution in [1.29, 1.82) is 0 Å². The topological polar surface area (TPSA) is 70.2 Å². The average Bonchev–Trinajstić information content (AvgIpc) is 3.06. The molecular formula is C17H19N3O2S.